The van der Waals surface area contributed by atoms with Gasteiger partial charge in [0.1, 0.15) is 0 Å². The van der Waals surface area contributed by atoms with Gasteiger partial charge in [-0.15, -0.1) is 0 Å². The van der Waals surface area contributed by atoms with E-state index in [0.29, 0.717) is 5.41 Å². The van der Waals surface area contributed by atoms with Crippen LogP contribution in [0.2, 0.25) is 0 Å². The van der Waals surface area contributed by atoms with Crippen LogP contribution < -0.4 is 4.90 Å². The van der Waals surface area contributed by atoms with Crippen LogP contribution in [0, 0.1) is 15.5 Å². The molecule has 2 fully saturated rings. The lowest BCUT2D eigenvalue weighted by Crippen LogP contribution is -2.20. The molecule has 1 aliphatic heterocycles. The lowest BCUT2D eigenvalue weighted by atomic mass is 10.1. The van der Waals surface area contributed by atoms with Crippen LogP contribution in [0.4, 0.5) is 11.5 Å². The molecule has 1 saturated carbocycles. The first-order valence-corrected chi connectivity index (χ1v) is 5.54. The minimum absolute atomic E-state index is 0.0796. The Morgan fingerprint density at radius 1 is 1.38 bits per heavy atom. The Morgan fingerprint density at radius 2 is 2.19 bits per heavy atom. The van der Waals surface area contributed by atoms with Crippen LogP contribution in [0.15, 0.2) is 18.3 Å². The van der Waals surface area contributed by atoms with Gasteiger partial charge in [0.2, 0.25) is 0 Å². The Kier molecular flexibility index (Phi) is 1.89. The minimum Gasteiger partial charge on any atom is -0.368 e. The van der Waals surface area contributed by atoms with Gasteiger partial charge in [-0.1, -0.05) is 0 Å². The maximum atomic E-state index is 10.5. The number of hydrogen-bond donors (Lipinski definition) is 0. The number of nitro groups is 1. The average molecular weight is 219 g/mol. The van der Waals surface area contributed by atoms with Gasteiger partial charge in [0.15, 0.2) is 6.20 Å². The summed E-state index contributed by atoms with van der Waals surface area (Å²) < 4.78 is 0. The molecule has 2 heterocycles. The van der Waals surface area contributed by atoms with Gasteiger partial charge >= 0.3 is 5.82 Å². The zero-order chi connectivity index (χ0) is 11.2. The fourth-order valence-electron chi connectivity index (χ4n) is 2.41. The molecule has 5 heteroatoms. The van der Waals surface area contributed by atoms with E-state index < -0.39 is 4.92 Å². The van der Waals surface area contributed by atoms with Gasteiger partial charge in [0.25, 0.3) is 0 Å². The van der Waals surface area contributed by atoms with E-state index in [1.807, 2.05) is 0 Å². The molecule has 1 spiro atoms. The first-order valence-electron chi connectivity index (χ1n) is 5.54. The molecule has 0 N–H and O–H groups in total. The first-order chi connectivity index (χ1) is 7.69. The number of pyridine rings is 1. The molecule has 1 saturated heterocycles. The summed E-state index contributed by atoms with van der Waals surface area (Å²) in [6.45, 7) is 2.14. The largest absolute Gasteiger partial charge is 0.368 e. The third kappa shape index (κ3) is 1.52. The fraction of sp³-hybridized carbons (Fsp3) is 0.545. The number of aromatic nitrogens is 1. The summed E-state index contributed by atoms with van der Waals surface area (Å²) >= 11 is 0. The number of rotatable bonds is 2. The van der Waals surface area contributed by atoms with E-state index in [-0.39, 0.29) is 5.82 Å². The SMILES string of the molecule is O=[N+]([O-])c1ccc(N2CCC3(CC3)C2)cn1. The molecular weight excluding hydrogens is 206 g/mol. The molecule has 0 unspecified atom stereocenters. The minimum atomic E-state index is -0.462. The molecule has 1 aliphatic carbocycles. The second-order valence-electron chi connectivity index (χ2n) is 4.80. The van der Waals surface area contributed by atoms with E-state index >= 15 is 0 Å². The second kappa shape index (κ2) is 3.17. The van der Waals surface area contributed by atoms with Crippen molar-refractivity contribution in [3.8, 4) is 0 Å². The van der Waals surface area contributed by atoms with Gasteiger partial charge in [-0.25, -0.2) is 0 Å². The summed E-state index contributed by atoms with van der Waals surface area (Å²) in [5.41, 5.74) is 1.58. The molecule has 5 nitrogen and oxygen atoms in total. The first kappa shape index (κ1) is 9.57. The molecule has 0 radical (unpaired) electrons. The standard InChI is InChI=1S/C11H13N3O2/c15-14(16)10-2-1-9(7-12-10)13-6-5-11(8-13)3-4-11/h1-2,7H,3-6,8H2. The fourth-order valence-corrected chi connectivity index (χ4v) is 2.41. The van der Waals surface area contributed by atoms with E-state index in [1.54, 1.807) is 12.3 Å². The highest BCUT2D eigenvalue weighted by molar-refractivity contribution is 5.48. The van der Waals surface area contributed by atoms with Crippen molar-refractivity contribution in [2.45, 2.75) is 19.3 Å². The average Bonchev–Trinajstić information content (AvgIpc) is 2.89. The normalized spacial score (nSPS) is 21.4. The quantitative estimate of drug-likeness (QED) is 0.563. The van der Waals surface area contributed by atoms with Crippen molar-refractivity contribution in [1.82, 2.24) is 4.98 Å². The maximum Gasteiger partial charge on any atom is 0.363 e. The Hall–Kier alpha value is -1.65. The van der Waals surface area contributed by atoms with Crippen LogP contribution in [0.5, 0.6) is 0 Å². The summed E-state index contributed by atoms with van der Waals surface area (Å²) in [6, 6.07) is 3.28. The van der Waals surface area contributed by atoms with E-state index in [4.69, 9.17) is 0 Å². The van der Waals surface area contributed by atoms with Crippen LogP contribution in [-0.4, -0.2) is 23.0 Å². The van der Waals surface area contributed by atoms with Crippen LogP contribution in [0.25, 0.3) is 0 Å². The Bertz CT molecular complexity index is 425. The Morgan fingerprint density at radius 3 is 2.69 bits per heavy atom. The lowest BCUT2D eigenvalue weighted by Gasteiger charge is -2.16. The molecular formula is C11H13N3O2. The van der Waals surface area contributed by atoms with Crippen molar-refractivity contribution in [2.24, 2.45) is 5.41 Å². The summed E-state index contributed by atoms with van der Waals surface area (Å²) in [6.07, 6.45) is 5.54. The van der Waals surface area contributed by atoms with E-state index in [1.165, 1.54) is 25.3 Å². The molecule has 0 aromatic carbocycles. The summed E-state index contributed by atoms with van der Waals surface area (Å²) in [5.74, 6) is -0.0796. The molecule has 16 heavy (non-hydrogen) atoms. The predicted molar refractivity (Wildman–Crippen MR) is 59.4 cm³/mol. The molecule has 84 valence electrons. The van der Waals surface area contributed by atoms with Crippen LogP contribution in [0.1, 0.15) is 19.3 Å². The summed E-state index contributed by atoms with van der Waals surface area (Å²) in [5, 5.41) is 10.5. The van der Waals surface area contributed by atoms with Crippen LogP contribution >= 0.6 is 0 Å². The molecule has 2 aliphatic rings. The van der Waals surface area contributed by atoms with Crippen molar-refractivity contribution in [3.63, 3.8) is 0 Å². The van der Waals surface area contributed by atoms with Crippen LogP contribution in [0.3, 0.4) is 0 Å². The van der Waals surface area contributed by atoms with Gasteiger partial charge in [-0.2, -0.15) is 0 Å². The van der Waals surface area contributed by atoms with Gasteiger partial charge in [0, 0.05) is 19.2 Å². The van der Waals surface area contributed by atoms with Gasteiger partial charge in [-0.3, -0.25) is 0 Å². The second-order valence-corrected chi connectivity index (χ2v) is 4.80. The number of nitrogens with zero attached hydrogens (tertiary/aromatic N) is 3. The molecule has 1 aromatic rings. The predicted octanol–water partition coefficient (Wildman–Crippen LogP) is 1.98. The van der Waals surface area contributed by atoms with Crippen molar-refractivity contribution in [2.75, 3.05) is 18.0 Å². The highest BCUT2D eigenvalue weighted by Crippen LogP contribution is 2.53. The highest BCUT2D eigenvalue weighted by atomic mass is 16.6. The van der Waals surface area contributed by atoms with Crippen molar-refractivity contribution in [3.05, 3.63) is 28.4 Å². The van der Waals surface area contributed by atoms with E-state index in [2.05, 4.69) is 9.88 Å². The van der Waals surface area contributed by atoms with Crippen molar-refractivity contribution < 1.29 is 4.92 Å². The van der Waals surface area contributed by atoms with Gasteiger partial charge in [-0.05, 0) is 40.7 Å². The monoisotopic (exact) mass is 219 g/mol. The summed E-state index contributed by atoms with van der Waals surface area (Å²) in [7, 11) is 0. The zero-order valence-electron chi connectivity index (χ0n) is 8.93. The number of hydrogen-bond acceptors (Lipinski definition) is 4. The van der Waals surface area contributed by atoms with Crippen molar-refractivity contribution in [1.29, 1.82) is 0 Å². The maximum absolute atomic E-state index is 10.5. The molecule has 0 atom stereocenters. The Labute approximate surface area is 93.2 Å². The number of anilines is 1. The topological polar surface area (TPSA) is 59.3 Å². The summed E-state index contributed by atoms with van der Waals surface area (Å²) in [4.78, 5) is 16.1. The third-order valence-electron chi connectivity index (χ3n) is 3.68. The smallest absolute Gasteiger partial charge is 0.363 e. The van der Waals surface area contributed by atoms with Crippen molar-refractivity contribution >= 4 is 11.5 Å². The molecule has 1 aromatic heterocycles. The molecule has 0 amide bonds. The zero-order valence-corrected chi connectivity index (χ0v) is 8.93. The van der Waals surface area contributed by atoms with E-state index in [0.717, 1.165) is 18.8 Å². The highest BCUT2D eigenvalue weighted by Gasteiger charge is 2.47. The molecule has 3 rings (SSSR count). The third-order valence-corrected chi connectivity index (χ3v) is 3.68. The van der Waals surface area contributed by atoms with Gasteiger partial charge < -0.3 is 15.0 Å². The lowest BCUT2D eigenvalue weighted by molar-refractivity contribution is -0.389. The van der Waals surface area contributed by atoms with E-state index in [9.17, 15) is 10.1 Å². The van der Waals surface area contributed by atoms with Crippen LogP contribution in [-0.2, 0) is 0 Å². The van der Waals surface area contributed by atoms with Gasteiger partial charge in [0.05, 0.1) is 5.69 Å². The molecule has 0 bridgehead atoms. The Balaban J connectivity index is 1.77.